The number of aryl methyl sites for hydroxylation is 1. The maximum atomic E-state index is 12.6. The summed E-state index contributed by atoms with van der Waals surface area (Å²) >= 11 is 0. The Bertz CT molecular complexity index is 754. The van der Waals surface area contributed by atoms with Gasteiger partial charge in [-0.15, -0.1) is 0 Å². The molecule has 1 aromatic carbocycles. The second-order valence-corrected chi connectivity index (χ2v) is 8.66. The lowest BCUT2D eigenvalue weighted by atomic mass is 9.73. The Morgan fingerprint density at radius 2 is 1.77 bits per heavy atom. The Kier molecular flexibility index (Phi) is 3.44. The number of hydrogen-bond acceptors (Lipinski definition) is 4. The largest absolute Gasteiger partial charge is 0.386 e. The van der Waals surface area contributed by atoms with Crippen molar-refractivity contribution in [1.82, 2.24) is 0 Å². The number of ketones is 1. The Labute approximate surface area is 131 Å². The van der Waals surface area contributed by atoms with E-state index in [0.717, 1.165) is 11.1 Å². The van der Waals surface area contributed by atoms with E-state index < -0.39 is 16.0 Å². The first kappa shape index (κ1) is 15.3. The summed E-state index contributed by atoms with van der Waals surface area (Å²) in [4.78, 5) is 12.6. The molecule has 0 spiro atoms. The molecule has 2 aliphatic rings. The third-order valence-electron chi connectivity index (χ3n) is 4.31. The predicted molar refractivity (Wildman–Crippen MR) is 83.8 cm³/mol. The van der Waals surface area contributed by atoms with Crippen molar-refractivity contribution in [3.05, 3.63) is 46.7 Å². The van der Waals surface area contributed by atoms with Crippen molar-refractivity contribution in [2.45, 2.75) is 39.5 Å². The topological polar surface area (TPSA) is 60.4 Å². The van der Waals surface area contributed by atoms with Gasteiger partial charge in [0.15, 0.2) is 5.78 Å². The fourth-order valence-corrected chi connectivity index (χ4v) is 4.57. The minimum absolute atomic E-state index is 0.00623. The zero-order chi connectivity index (χ0) is 16.1. The van der Waals surface area contributed by atoms with Crippen LogP contribution >= 0.6 is 0 Å². The molecule has 118 valence electrons. The number of Topliss-reactive ketones (excluding diaryl/α,β-unsaturated/α-hetero) is 1. The van der Waals surface area contributed by atoms with E-state index in [4.69, 9.17) is 4.18 Å². The van der Waals surface area contributed by atoms with Gasteiger partial charge in [0.05, 0.1) is 5.75 Å². The molecule has 1 heterocycles. The molecular weight excluding hydrogens is 300 g/mol. The first-order valence-corrected chi connectivity index (χ1v) is 9.00. The lowest BCUT2D eigenvalue weighted by Gasteiger charge is -2.36. The van der Waals surface area contributed by atoms with Gasteiger partial charge in [0, 0.05) is 24.3 Å². The Morgan fingerprint density at radius 1 is 1.14 bits per heavy atom. The Hall–Kier alpha value is -1.62. The summed E-state index contributed by atoms with van der Waals surface area (Å²) in [5.74, 6) is -0.233. The lowest BCUT2D eigenvalue weighted by Crippen LogP contribution is -2.36. The van der Waals surface area contributed by atoms with E-state index in [9.17, 15) is 13.2 Å². The fraction of sp³-hybridized carbons (Fsp3) is 0.471. The third-order valence-corrected chi connectivity index (χ3v) is 5.50. The minimum Gasteiger partial charge on any atom is -0.386 e. The standard InChI is InChI=1S/C17H20O4S/c1-11-4-6-12(7-5-11)13-10-22(19,20)21-15-9-17(2,3)8-14(18)16(13)15/h4-7,13H,8-10H2,1-3H3. The van der Waals surface area contributed by atoms with Gasteiger partial charge in [0.2, 0.25) is 0 Å². The molecule has 22 heavy (non-hydrogen) atoms. The van der Waals surface area contributed by atoms with E-state index in [2.05, 4.69) is 0 Å². The summed E-state index contributed by atoms with van der Waals surface area (Å²) in [6.07, 6.45) is 0.910. The van der Waals surface area contributed by atoms with Gasteiger partial charge in [0.25, 0.3) is 0 Å². The van der Waals surface area contributed by atoms with E-state index in [1.165, 1.54) is 0 Å². The average Bonchev–Trinajstić information content (AvgIpc) is 2.35. The van der Waals surface area contributed by atoms with Gasteiger partial charge in [-0.1, -0.05) is 43.7 Å². The lowest BCUT2D eigenvalue weighted by molar-refractivity contribution is -0.118. The second-order valence-electron chi connectivity index (χ2n) is 7.05. The van der Waals surface area contributed by atoms with Gasteiger partial charge in [-0.3, -0.25) is 4.79 Å². The van der Waals surface area contributed by atoms with Crippen LogP contribution in [0.3, 0.4) is 0 Å². The van der Waals surface area contributed by atoms with Gasteiger partial charge in [-0.05, 0) is 17.9 Å². The number of carbonyl (C=O) groups excluding carboxylic acids is 1. The zero-order valence-electron chi connectivity index (χ0n) is 13.0. The third kappa shape index (κ3) is 2.82. The van der Waals surface area contributed by atoms with Crippen molar-refractivity contribution in [3.8, 4) is 0 Å². The van der Waals surface area contributed by atoms with Gasteiger partial charge in [-0.2, -0.15) is 8.42 Å². The van der Waals surface area contributed by atoms with Gasteiger partial charge >= 0.3 is 10.1 Å². The molecule has 0 radical (unpaired) electrons. The van der Waals surface area contributed by atoms with Crippen LogP contribution in [0.25, 0.3) is 0 Å². The minimum atomic E-state index is -3.64. The summed E-state index contributed by atoms with van der Waals surface area (Å²) in [6.45, 7) is 5.89. The molecule has 1 aliphatic heterocycles. The highest BCUT2D eigenvalue weighted by Gasteiger charge is 2.43. The predicted octanol–water partition coefficient (Wildman–Crippen LogP) is 3.08. The summed E-state index contributed by atoms with van der Waals surface area (Å²) in [5, 5.41) is 0. The maximum Gasteiger partial charge on any atom is 0.309 e. The van der Waals surface area contributed by atoms with Crippen LogP contribution in [0.4, 0.5) is 0 Å². The molecular formula is C17H20O4S. The molecule has 4 nitrogen and oxygen atoms in total. The highest BCUT2D eigenvalue weighted by molar-refractivity contribution is 7.86. The van der Waals surface area contributed by atoms with Crippen LogP contribution in [0.15, 0.2) is 35.6 Å². The van der Waals surface area contributed by atoms with E-state index in [0.29, 0.717) is 24.2 Å². The number of allylic oxidation sites excluding steroid dienone is 2. The normalized spacial score (nSPS) is 26.3. The molecule has 0 amide bonds. The zero-order valence-corrected chi connectivity index (χ0v) is 13.9. The second kappa shape index (κ2) is 4.95. The fourth-order valence-electron chi connectivity index (χ4n) is 3.28. The Balaban J connectivity index is 2.12. The molecule has 0 bridgehead atoms. The molecule has 3 rings (SSSR count). The van der Waals surface area contributed by atoms with Crippen LogP contribution in [0.1, 0.15) is 43.7 Å². The maximum absolute atomic E-state index is 12.6. The quantitative estimate of drug-likeness (QED) is 0.746. The molecule has 1 aromatic rings. The van der Waals surface area contributed by atoms with Crippen molar-refractivity contribution >= 4 is 15.9 Å². The molecule has 5 heteroatoms. The first-order chi connectivity index (χ1) is 10.2. The molecule has 0 saturated heterocycles. The summed E-state index contributed by atoms with van der Waals surface area (Å²) < 4.78 is 29.4. The van der Waals surface area contributed by atoms with E-state index >= 15 is 0 Å². The first-order valence-electron chi connectivity index (χ1n) is 7.42. The molecule has 1 aliphatic carbocycles. The molecule has 0 saturated carbocycles. The van der Waals surface area contributed by atoms with Gasteiger partial charge in [0.1, 0.15) is 5.76 Å². The average molecular weight is 320 g/mol. The van der Waals surface area contributed by atoms with Gasteiger partial charge in [-0.25, -0.2) is 0 Å². The van der Waals surface area contributed by atoms with Crippen LogP contribution in [0, 0.1) is 12.3 Å². The van der Waals surface area contributed by atoms with Crippen molar-refractivity contribution < 1.29 is 17.4 Å². The number of rotatable bonds is 1. The van der Waals surface area contributed by atoms with Crippen LogP contribution < -0.4 is 0 Å². The number of carbonyl (C=O) groups is 1. The van der Waals surface area contributed by atoms with Crippen LogP contribution in [0.5, 0.6) is 0 Å². The molecule has 1 unspecified atom stereocenters. The number of benzene rings is 1. The van der Waals surface area contributed by atoms with E-state index in [1.807, 2.05) is 45.0 Å². The summed E-state index contributed by atoms with van der Waals surface area (Å²) in [5.41, 5.74) is 2.25. The van der Waals surface area contributed by atoms with Crippen LogP contribution in [-0.2, 0) is 19.1 Å². The van der Waals surface area contributed by atoms with E-state index in [1.54, 1.807) is 0 Å². The summed E-state index contributed by atoms with van der Waals surface area (Å²) in [6, 6.07) is 7.68. The van der Waals surface area contributed by atoms with Crippen molar-refractivity contribution in [1.29, 1.82) is 0 Å². The Morgan fingerprint density at radius 3 is 2.41 bits per heavy atom. The van der Waals surface area contributed by atoms with Crippen LogP contribution in [-0.4, -0.2) is 20.0 Å². The molecule has 0 fully saturated rings. The van der Waals surface area contributed by atoms with Gasteiger partial charge < -0.3 is 4.18 Å². The number of hydrogen-bond donors (Lipinski definition) is 0. The monoisotopic (exact) mass is 320 g/mol. The smallest absolute Gasteiger partial charge is 0.309 e. The highest BCUT2D eigenvalue weighted by Crippen LogP contribution is 2.45. The van der Waals surface area contributed by atoms with Crippen LogP contribution in [0.2, 0.25) is 0 Å². The van der Waals surface area contributed by atoms with Crippen molar-refractivity contribution in [3.63, 3.8) is 0 Å². The highest BCUT2D eigenvalue weighted by atomic mass is 32.2. The molecule has 0 aromatic heterocycles. The molecule has 0 N–H and O–H groups in total. The van der Waals surface area contributed by atoms with E-state index in [-0.39, 0.29) is 17.0 Å². The van der Waals surface area contributed by atoms with Crippen molar-refractivity contribution in [2.75, 3.05) is 5.75 Å². The molecule has 1 atom stereocenters. The SMILES string of the molecule is Cc1ccc(C2CS(=O)(=O)OC3=C2C(=O)CC(C)(C)C3)cc1. The summed E-state index contributed by atoms with van der Waals surface area (Å²) in [7, 11) is -3.64. The van der Waals surface area contributed by atoms with Crippen molar-refractivity contribution in [2.24, 2.45) is 5.41 Å².